The number of hydrogen-bond acceptors (Lipinski definition) is 4. The summed E-state index contributed by atoms with van der Waals surface area (Å²) in [5, 5.41) is 2.74. The Hall–Kier alpha value is -2.02. The van der Waals surface area contributed by atoms with Gasteiger partial charge in [-0.3, -0.25) is 9.52 Å². The molecule has 1 aromatic carbocycles. The predicted molar refractivity (Wildman–Crippen MR) is 88.8 cm³/mol. The zero-order valence-corrected chi connectivity index (χ0v) is 14.1. The van der Waals surface area contributed by atoms with E-state index >= 15 is 0 Å². The van der Waals surface area contributed by atoms with Crippen molar-refractivity contribution in [2.45, 2.75) is 27.2 Å². The molecule has 22 heavy (non-hydrogen) atoms. The van der Waals surface area contributed by atoms with Crippen LogP contribution >= 0.6 is 0 Å². The number of amides is 1. The number of carbonyl (C=O) groups excluding carboxylic acids is 1. The third-order valence-corrected chi connectivity index (χ3v) is 4.26. The molecule has 0 aliphatic rings. The molecular formula is C15H22N2O4S. The van der Waals surface area contributed by atoms with Crippen molar-refractivity contribution in [2.24, 2.45) is 0 Å². The lowest BCUT2D eigenvalue weighted by Gasteiger charge is -2.13. The van der Waals surface area contributed by atoms with E-state index < -0.39 is 10.0 Å². The Morgan fingerprint density at radius 1 is 1.32 bits per heavy atom. The predicted octanol–water partition coefficient (Wildman–Crippen LogP) is 2.75. The lowest BCUT2D eigenvalue weighted by molar-refractivity contribution is -0.112. The van der Waals surface area contributed by atoms with Gasteiger partial charge in [0.05, 0.1) is 18.6 Å². The zero-order chi connectivity index (χ0) is 16.8. The molecule has 0 unspecified atom stereocenters. The van der Waals surface area contributed by atoms with Crippen LogP contribution in [-0.2, 0) is 14.8 Å². The van der Waals surface area contributed by atoms with Crippen LogP contribution in [0.4, 0.5) is 11.4 Å². The van der Waals surface area contributed by atoms with Gasteiger partial charge in [-0.25, -0.2) is 8.42 Å². The van der Waals surface area contributed by atoms with Crippen LogP contribution < -0.4 is 14.8 Å². The van der Waals surface area contributed by atoms with E-state index in [2.05, 4.69) is 10.0 Å². The molecule has 1 aromatic rings. The molecule has 0 saturated heterocycles. The van der Waals surface area contributed by atoms with Crippen molar-refractivity contribution in [1.82, 2.24) is 0 Å². The van der Waals surface area contributed by atoms with Gasteiger partial charge in [0.1, 0.15) is 5.75 Å². The second kappa shape index (κ2) is 7.84. The largest absolute Gasteiger partial charge is 0.494 e. The highest BCUT2D eigenvalue weighted by Crippen LogP contribution is 2.29. The highest BCUT2D eigenvalue weighted by molar-refractivity contribution is 7.92. The van der Waals surface area contributed by atoms with Crippen LogP contribution in [0.15, 0.2) is 29.8 Å². The standard InChI is InChI=1S/C15H22N2O4S/c1-5-7-11(3)15(18)16-12-8-9-13(14(10-12)21-4)17-22(19,20)6-2/h7-10,17H,5-6H2,1-4H3,(H,16,18). The van der Waals surface area contributed by atoms with Crippen molar-refractivity contribution in [3.8, 4) is 5.75 Å². The monoisotopic (exact) mass is 326 g/mol. The van der Waals surface area contributed by atoms with Crippen molar-refractivity contribution in [1.29, 1.82) is 0 Å². The first-order valence-electron chi connectivity index (χ1n) is 6.99. The molecule has 0 atom stereocenters. The van der Waals surface area contributed by atoms with E-state index in [1.807, 2.05) is 13.0 Å². The summed E-state index contributed by atoms with van der Waals surface area (Å²) in [6.45, 7) is 5.24. The SMILES string of the molecule is CCC=C(C)C(=O)Nc1ccc(NS(=O)(=O)CC)c(OC)c1. The van der Waals surface area contributed by atoms with Crippen LogP contribution in [0.3, 0.4) is 0 Å². The quantitative estimate of drug-likeness (QED) is 0.755. The van der Waals surface area contributed by atoms with Crippen molar-refractivity contribution in [2.75, 3.05) is 22.9 Å². The molecule has 0 radical (unpaired) electrons. The number of ether oxygens (including phenoxy) is 1. The zero-order valence-electron chi connectivity index (χ0n) is 13.3. The number of methoxy groups -OCH3 is 1. The van der Waals surface area contributed by atoms with Gasteiger partial charge in [-0.2, -0.15) is 0 Å². The maximum absolute atomic E-state index is 11.9. The molecule has 0 aliphatic carbocycles. The molecule has 1 rings (SSSR count). The molecule has 6 nitrogen and oxygen atoms in total. The Kier molecular flexibility index (Phi) is 6.42. The van der Waals surface area contributed by atoms with Crippen molar-refractivity contribution in [3.05, 3.63) is 29.8 Å². The Balaban J connectivity index is 2.98. The van der Waals surface area contributed by atoms with Gasteiger partial charge in [0.15, 0.2) is 0 Å². The van der Waals surface area contributed by atoms with Gasteiger partial charge in [0, 0.05) is 17.3 Å². The average Bonchev–Trinajstić information content (AvgIpc) is 2.48. The van der Waals surface area contributed by atoms with E-state index in [0.717, 1.165) is 6.42 Å². The fraction of sp³-hybridized carbons (Fsp3) is 0.400. The van der Waals surface area contributed by atoms with Gasteiger partial charge >= 0.3 is 0 Å². The third-order valence-electron chi connectivity index (χ3n) is 2.97. The highest BCUT2D eigenvalue weighted by Gasteiger charge is 2.13. The van der Waals surface area contributed by atoms with Crippen LogP contribution in [0.1, 0.15) is 27.2 Å². The van der Waals surface area contributed by atoms with E-state index in [1.165, 1.54) is 7.11 Å². The van der Waals surface area contributed by atoms with E-state index in [-0.39, 0.29) is 11.7 Å². The number of nitrogens with one attached hydrogen (secondary N) is 2. The lowest BCUT2D eigenvalue weighted by Crippen LogP contribution is -2.16. The first kappa shape index (κ1) is 18.0. The first-order chi connectivity index (χ1) is 10.3. The lowest BCUT2D eigenvalue weighted by atomic mass is 10.2. The molecule has 0 aliphatic heterocycles. The first-order valence-corrected chi connectivity index (χ1v) is 8.64. The number of rotatable bonds is 7. The average molecular weight is 326 g/mol. The molecule has 0 heterocycles. The molecule has 122 valence electrons. The second-order valence-electron chi connectivity index (χ2n) is 4.67. The molecular weight excluding hydrogens is 304 g/mol. The fourth-order valence-electron chi connectivity index (χ4n) is 1.72. The van der Waals surface area contributed by atoms with Crippen molar-refractivity contribution >= 4 is 27.3 Å². The number of hydrogen-bond donors (Lipinski definition) is 2. The fourth-order valence-corrected chi connectivity index (χ4v) is 2.37. The van der Waals surface area contributed by atoms with E-state index in [4.69, 9.17) is 4.74 Å². The summed E-state index contributed by atoms with van der Waals surface area (Å²) in [7, 11) is -1.95. The summed E-state index contributed by atoms with van der Waals surface area (Å²) in [5.41, 5.74) is 1.49. The van der Waals surface area contributed by atoms with Gasteiger partial charge in [0.25, 0.3) is 5.91 Å². The van der Waals surface area contributed by atoms with Crippen LogP contribution in [0, 0.1) is 0 Å². The van der Waals surface area contributed by atoms with Crippen molar-refractivity contribution in [3.63, 3.8) is 0 Å². The van der Waals surface area contributed by atoms with Crippen molar-refractivity contribution < 1.29 is 17.9 Å². The molecule has 7 heteroatoms. The van der Waals surface area contributed by atoms with E-state index in [9.17, 15) is 13.2 Å². The summed E-state index contributed by atoms with van der Waals surface area (Å²) in [6, 6.07) is 4.75. The second-order valence-corrected chi connectivity index (χ2v) is 6.68. The molecule has 0 fully saturated rings. The van der Waals surface area contributed by atoms with E-state index in [0.29, 0.717) is 22.7 Å². The Labute approximate surface area is 131 Å². The smallest absolute Gasteiger partial charge is 0.250 e. The van der Waals surface area contributed by atoms with E-state index in [1.54, 1.807) is 32.0 Å². The Morgan fingerprint density at radius 2 is 2.00 bits per heavy atom. The van der Waals surface area contributed by atoms with Gasteiger partial charge in [-0.05, 0) is 32.4 Å². The van der Waals surface area contributed by atoms with Crippen LogP contribution in [0.5, 0.6) is 5.75 Å². The molecule has 1 amide bonds. The summed E-state index contributed by atoms with van der Waals surface area (Å²) < 4.78 is 30.8. The number of allylic oxidation sites excluding steroid dienone is 1. The molecule has 0 spiro atoms. The van der Waals surface area contributed by atoms with Gasteiger partial charge in [-0.15, -0.1) is 0 Å². The van der Waals surface area contributed by atoms with Crippen LogP contribution in [-0.4, -0.2) is 27.2 Å². The van der Waals surface area contributed by atoms with Crippen LogP contribution in [0.25, 0.3) is 0 Å². The molecule has 0 bridgehead atoms. The topological polar surface area (TPSA) is 84.5 Å². The minimum atomic E-state index is -3.39. The normalized spacial score (nSPS) is 11.9. The number of carbonyl (C=O) groups is 1. The minimum absolute atomic E-state index is 0.0321. The third kappa shape index (κ3) is 5.07. The minimum Gasteiger partial charge on any atom is -0.494 e. The van der Waals surface area contributed by atoms with Gasteiger partial charge < -0.3 is 10.1 Å². The summed E-state index contributed by atoms with van der Waals surface area (Å²) >= 11 is 0. The Bertz CT molecular complexity index is 666. The van der Waals surface area contributed by atoms with Gasteiger partial charge in [-0.1, -0.05) is 13.0 Å². The summed E-state index contributed by atoms with van der Waals surface area (Å²) in [4.78, 5) is 11.9. The number of benzene rings is 1. The number of sulfonamides is 1. The molecule has 0 saturated carbocycles. The Morgan fingerprint density at radius 3 is 2.55 bits per heavy atom. The maximum Gasteiger partial charge on any atom is 0.250 e. The maximum atomic E-state index is 11.9. The molecule has 0 aromatic heterocycles. The van der Waals surface area contributed by atoms with Crippen LogP contribution in [0.2, 0.25) is 0 Å². The summed E-state index contributed by atoms with van der Waals surface area (Å²) in [5.74, 6) is 0.105. The summed E-state index contributed by atoms with van der Waals surface area (Å²) in [6.07, 6.45) is 2.61. The highest BCUT2D eigenvalue weighted by atomic mass is 32.2. The van der Waals surface area contributed by atoms with Gasteiger partial charge in [0.2, 0.25) is 10.0 Å². The molecule has 2 N–H and O–H groups in total. The number of anilines is 2.